The molecule has 1 aromatic carbocycles. The topological polar surface area (TPSA) is 37.8 Å². The molecular formula is C26H40FN3. The summed E-state index contributed by atoms with van der Waals surface area (Å²) in [4.78, 5) is 9.05. The van der Waals surface area contributed by atoms with E-state index >= 15 is 0 Å². The number of hydrogen-bond acceptors (Lipinski definition) is 3. The molecule has 0 bridgehead atoms. The van der Waals surface area contributed by atoms with Crippen LogP contribution >= 0.6 is 0 Å². The molecule has 0 aliphatic rings. The number of anilines is 1. The zero-order chi connectivity index (χ0) is 21.6. The number of aryl methyl sites for hydroxylation is 2. The van der Waals surface area contributed by atoms with Crippen LogP contribution in [0.3, 0.4) is 0 Å². The number of aromatic nitrogens is 2. The number of nitrogens with zero attached hydrogens (tertiary/aromatic N) is 2. The predicted octanol–water partition coefficient (Wildman–Crippen LogP) is 8.01. The fraction of sp³-hybridized carbons (Fsp3) is 0.615. The molecule has 4 heteroatoms. The Bertz CT molecular complexity index is 745. The van der Waals surface area contributed by atoms with Crippen LogP contribution in [0.2, 0.25) is 0 Å². The maximum atomic E-state index is 13.9. The van der Waals surface area contributed by atoms with Crippen LogP contribution in [0.15, 0.2) is 24.3 Å². The van der Waals surface area contributed by atoms with Crippen molar-refractivity contribution in [1.29, 1.82) is 0 Å². The van der Waals surface area contributed by atoms with E-state index in [0.717, 1.165) is 30.0 Å². The summed E-state index contributed by atoms with van der Waals surface area (Å²) in [5.41, 5.74) is 2.24. The molecular weight excluding hydrogens is 373 g/mol. The highest BCUT2D eigenvalue weighted by Crippen LogP contribution is 2.20. The Kier molecular flexibility index (Phi) is 11.4. The summed E-state index contributed by atoms with van der Waals surface area (Å²) in [5, 5.41) is 3.41. The van der Waals surface area contributed by atoms with Gasteiger partial charge in [-0.25, -0.2) is 14.4 Å². The Balaban J connectivity index is 1.61. The molecule has 0 atom stereocenters. The Morgan fingerprint density at radius 1 is 0.767 bits per heavy atom. The molecule has 0 saturated carbocycles. The molecule has 0 spiro atoms. The summed E-state index contributed by atoms with van der Waals surface area (Å²) in [5.74, 6) is 1.18. The fourth-order valence-electron chi connectivity index (χ4n) is 3.70. The largest absolute Gasteiger partial charge is 0.370 e. The van der Waals surface area contributed by atoms with Crippen LogP contribution < -0.4 is 5.32 Å². The van der Waals surface area contributed by atoms with E-state index in [2.05, 4.69) is 22.2 Å². The van der Waals surface area contributed by atoms with Gasteiger partial charge in [0.25, 0.3) is 0 Å². The van der Waals surface area contributed by atoms with Crippen molar-refractivity contribution < 1.29 is 4.39 Å². The minimum Gasteiger partial charge on any atom is -0.370 e. The van der Waals surface area contributed by atoms with Crippen LogP contribution in [0.1, 0.15) is 95.2 Å². The first-order valence-electron chi connectivity index (χ1n) is 12.0. The molecule has 0 aliphatic heterocycles. The SMILES string of the molecule is CCCCCCCCCCCCCCNc1cc(C)nc(-c2ccc(C)c(F)c2)n1. The van der Waals surface area contributed by atoms with Gasteiger partial charge in [-0.1, -0.05) is 89.7 Å². The van der Waals surface area contributed by atoms with E-state index in [0.29, 0.717) is 11.4 Å². The van der Waals surface area contributed by atoms with Gasteiger partial charge in [0, 0.05) is 23.9 Å². The standard InChI is InChI=1S/C26H40FN3/c1-4-5-6-7-8-9-10-11-12-13-14-15-18-28-25-19-22(3)29-26(30-25)23-17-16-21(2)24(27)20-23/h16-17,19-20H,4-15,18H2,1-3H3,(H,28,29,30). The highest BCUT2D eigenvalue weighted by molar-refractivity contribution is 5.58. The molecule has 30 heavy (non-hydrogen) atoms. The lowest BCUT2D eigenvalue weighted by atomic mass is 10.1. The second-order valence-corrected chi connectivity index (χ2v) is 8.50. The summed E-state index contributed by atoms with van der Waals surface area (Å²) in [7, 11) is 0. The van der Waals surface area contributed by atoms with Gasteiger partial charge in [0.1, 0.15) is 11.6 Å². The van der Waals surface area contributed by atoms with Crippen molar-refractivity contribution in [3.8, 4) is 11.4 Å². The maximum Gasteiger partial charge on any atom is 0.161 e. The predicted molar refractivity (Wildman–Crippen MR) is 126 cm³/mol. The summed E-state index contributed by atoms with van der Waals surface area (Å²) in [6, 6.07) is 7.12. The highest BCUT2D eigenvalue weighted by Gasteiger charge is 2.07. The van der Waals surface area contributed by atoms with Gasteiger partial charge in [-0.05, 0) is 31.9 Å². The molecule has 0 aliphatic carbocycles. The van der Waals surface area contributed by atoms with E-state index in [-0.39, 0.29) is 5.82 Å². The molecule has 0 fully saturated rings. The van der Waals surface area contributed by atoms with Crippen LogP contribution in [-0.4, -0.2) is 16.5 Å². The normalized spacial score (nSPS) is 11.1. The highest BCUT2D eigenvalue weighted by atomic mass is 19.1. The van der Waals surface area contributed by atoms with Crippen molar-refractivity contribution in [3.63, 3.8) is 0 Å². The second kappa shape index (κ2) is 14.1. The van der Waals surface area contributed by atoms with Crippen LogP contribution in [0.4, 0.5) is 10.2 Å². The van der Waals surface area contributed by atoms with Gasteiger partial charge in [0.05, 0.1) is 0 Å². The van der Waals surface area contributed by atoms with Gasteiger partial charge in [0.15, 0.2) is 5.82 Å². The quantitative estimate of drug-likeness (QED) is 0.300. The number of benzene rings is 1. The average molecular weight is 414 g/mol. The zero-order valence-corrected chi connectivity index (χ0v) is 19.3. The van der Waals surface area contributed by atoms with Gasteiger partial charge < -0.3 is 5.32 Å². The first-order chi connectivity index (χ1) is 14.6. The van der Waals surface area contributed by atoms with Gasteiger partial charge >= 0.3 is 0 Å². The monoisotopic (exact) mass is 413 g/mol. The van der Waals surface area contributed by atoms with E-state index in [1.54, 1.807) is 13.0 Å². The molecule has 0 amide bonds. The molecule has 1 heterocycles. The molecule has 166 valence electrons. The smallest absolute Gasteiger partial charge is 0.161 e. The molecule has 1 aromatic heterocycles. The summed E-state index contributed by atoms with van der Waals surface area (Å²) >= 11 is 0. The Morgan fingerprint density at radius 3 is 1.97 bits per heavy atom. The molecule has 2 rings (SSSR count). The Hall–Kier alpha value is -1.97. The van der Waals surface area contributed by atoms with Crippen LogP contribution in [-0.2, 0) is 0 Å². The van der Waals surface area contributed by atoms with E-state index in [1.165, 1.54) is 76.7 Å². The van der Waals surface area contributed by atoms with Crippen molar-refractivity contribution in [2.45, 2.75) is 97.8 Å². The molecule has 3 nitrogen and oxygen atoms in total. The van der Waals surface area contributed by atoms with Gasteiger partial charge in [-0.2, -0.15) is 0 Å². The van der Waals surface area contributed by atoms with Crippen molar-refractivity contribution in [2.75, 3.05) is 11.9 Å². The van der Waals surface area contributed by atoms with Crippen LogP contribution in [0.5, 0.6) is 0 Å². The van der Waals surface area contributed by atoms with E-state index in [1.807, 2.05) is 19.1 Å². The Labute approximate surface area is 182 Å². The molecule has 0 unspecified atom stereocenters. The summed E-state index contributed by atoms with van der Waals surface area (Å²) in [6.07, 6.45) is 16.2. The lowest BCUT2D eigenvalue weighted by Crippen LogP contribution is -2.05. The number of hydrogen-bond donors (Lipinski definition) is 1. The van der Waals surface area contributed by atoms with Gasteiger partial charge in [-0.15, -0.1) is 0 Å². The van der Waals surface area contributed by atoms with Crippen molar-refractivity contribution >= 4 is 5.82 Å². The lowest BCUT2D eigenvalue weighted by Gasteiger charge is -2.09. The minimum atomic E-state index is -0.219. The number of halogens is 1. The average Bonchev–Trinajstić information content (AvgIpc) is 2.73. The Morgan fingerprint density at radius 2 is 1.37 bits per heavy atom. The van der Waals surface area contributed by atoms with Crippen molar-refractivity contribution in [1.82, 2.24) is 9.97 Å². The first kappa shape index (κ1) is 24.3. The number of rotatable bonds is 15. The van der Waals surface area contributed by atoms with Gasteiger partial charge in [-0.3, -0.25) is 0 Å². The number of nitrogens with one attached hydrogen (secondary N) is 1. The second-order valence-electron chi connectivity index (χ2n) is 8.50. The van der Waals surface area contributed by atoms with Crippen molar-refractivity contribution in [3.05, 3.63) is 41.3 Å². The van der Waals surface area contributed by atoms with Crippen LogP contribution in [0.25, 0.3) is 11.4 Å². The number of unbranched alkanes of at least 4 members (excludes halogenated alkanes) is 11. The first-order valence-corrected chi connectivity index (χ1v) is 12.0. The fourth-order valence-corrected chi connectivity index (χ4v) is 3.70. The third-order valence-electron chi connectivity index (χ3n) is 5.62. The molecule has 1 N–H and O–H groups in total. The van der Waals surface area contributed by atoms with E-state index < -0.39 is 0 Å². The third kappa shape index (κ3) is 9.23. The van der Waals surface area contributed by atoms with Crippen molar-refractivity contribution in [2.24, 2.45) is 0 Å². The summed E-state index contributed by atoms with van der Waals surface area (Å²) in [6.45, 7) is 6.90. The summed E-state index contributed by atoms with van der Waals surface area (Å²) < 4.78 is 13.9. The minimum absolute atomic E-state index is 0.219. The van der Waals surface area contributed by atoms with Gasteiger partial charge in [0.2, 0.25) is 0 Å². The van der Waals surface area contributed by atoms with Crippen LogP contribution in [0, 0.1) is 19.7 Å². The lowest BCUT2D eigenvalue weighted by molar-refractivity contribution is 0.546. The zero-order valence-electron chi connectivity index (χ0n) is 19.3. The molecule has 0 radical (unpaired) electrons. The van der Waals surface area contributed by atoms with E-state index in [9.17, 15) is 4.39 Å². The van der Waals surface area contributed by atoms with E-state index in [4.69, 9.17) is 0 Å². The maximum absolute atomic E-state index is 13.9. The third-order valence-corrected chi connectivity index (χ3v) is 5.62. The molecule has 2 aromatic rings. The molecule has 0 saturated heterocycles.